The summed E-state index contributed by atoms with van der Waals surface area (Å²) in [5, 5.41) is 0.716. The minimum atomic E-state index is 0.0122. The number of pyridine rings is 1. The number of rotatable bonds is 2. The first-order valence-electron chi connectivity index (χ1n) is 4.75. The van der Waals surface area contributed by atoms with Crippen molar-refractivity contribution in [2.24, 2.45) is 0 Å². The molecule has 1 heterocycles. The Morgan fingerprint density at radius 1 is 1.19 bits per heavy atom. The Morgan fingerprint density at radius 2 is 1.88 bits per heavy atom. The van der Waals surface area contributed by atoms with Crippen molar-refractivity contribution in [2.75, 3.05) is 0 Å². The summed E-state index contributed by atoms with van der Waals surface area (Å²) in [6.07, 6.45) is 3.50. The molecule has 1 aromatic carbocycles. The van der Waals surface area contributed by atoms with Gasteiger partial charge in [-0.3, -0.25) is 4.79 Å². The highest BCUT2D eigenvalue weighted by Gasteiger charge is 2.01. The third kappa shape index (κ3) is 2.74. The second-order valence-electron chi connectivity index (χ2n) is 3.44. The van der Waals surface area contributed by atoms with Crippen LogP contribution in [0.3, 0.4) is 0 Å². The molecule has 0 aliphatic rings. The van der Waals surface area contributed by atoms with Gasteiger partial charge in [-0.2, -0.15) is 0 Å². The van der Waals surface area contributed by atoms with Crippen molar-refractivity contribution in [1.82, 2.24) is 4.57 Å². The lowest BCUT2D eigenvalue weighted by molar-refractivity contribution is 0.789. The van der Waals surface area contributed by atoms with Crippen LogP contribution in [0, 0.1) is 0 Å². The predicted molar refractivity (Wildman–Crippen MR) is 69.0 cm³/mol. The highest BCUT2D eigenvalue weighted by Crippen LogP contribution is 2.21. The molecule has 82 valence electrons. The van der Waals surface area contributed by atoms with Gasteiger partial charge in [0.1, 0.15) is 0 Å². The number of halogens is 2. The van der Waals surface area contributed by atoms with Gasteiger partial charge < -0.3 is 4.57 Å². The fourth-order valence-electron chi connectivity index (χ4n) is 1.40. The molecule has 2 aromatic rings. The van der Waals surface area contributed by atoms with Crippen LogP contribution >= 0.6 is 27.5 Å². The van der Waals surface area contributed by atoms with Crippen molar-refractivity contribution >= 4 is 27.5 Å². The zero-order chi connectivity index (χ0) is 11.5. The first-order chi connectivity index (χ1) is 7.65. The molecule has 0 fully saturated rings. The van der Waals surface area contributed by atoms with E-state index in [1.165, 1.54) is 12.1 Å². The van der Waals surface area contributed by atoms with Crippen molar-refractivity contribution < 1.29 is 0 Å². The lowest BCUT2D eigenvalue weighted by Gasteiger charge is -2.07. The molecule has 0 amide bonds. The van der Waals surface area contributed by atoms with E-state index in [2.05, 4.69) is 15.9 Å². The summed E-state index contributed by atoms with van der Waals surface area (Å²) >= 11 is 9.46. The van der Waals surface area contributed by atoms with E-state index in [0.717, 1.165) is 10.0 Å². The molecule has 0 N–H and O–H groups in total. The number of aromatic nitrogens is 1. The summed E-state index contributed by atoms with van der Waals surface area (Å²) < 4.78 is 2.87. The van der Waals surface area contributed by atoms with Gasteiger partial charge in [0.2, 0.25) is 0 Å². The van der Waals surface area contributed by atoms with Crippen molar-refractivity contribution in [1.29, 1.82) is 0 Å². The molecule has 0 spiro atoms. The number of benzene rings is 1. The summed E-state index contributed by atoms with van der Waals surface area (Å²) in [5.41, 5.74) is 1.03. The Bertz CT molecular complexity index is 545. The molecule has 0 radical (unpaired) electrons. The highest BCUT2D eigenvalue weighted by atomic mass is 79.9. The summed E-state index contributed by atoms with van der Waals surface area (Å²) in [5.74, 6) is 0. The molecule has 0 saturated heterocycles. The molecule has 0 atom stereocenters. The number of hydrogen-bond donors (Lipinski definition) is 0. The third-order valence-corrected chi connectivity index (χ3v) is 3.07. The van der Waals surface area contributed by atoms with E-state index in [0.29, 0.717) is 11.6 Å². The van der Waals surface area contributed by atoms with Crippen LogP contribution in [0.1, 0.15) is 5.56 Å². The summed E-state index contributed by atoms with van der Waals surface area (Å²) in [6, 6.07) is 8.84. The summed E-state index contributed by atoms with van der Waals surface area (Å²) in [4.78, 5) is 10.9. The molecule has 16 heavy (non-hydrogen) atoms. The van der Waals surface area contributed by atoms with E-state index in [4.69, 9.17) is 11.6 Å². The second-order valence-corrected chi connectivity index (χ2v) is 4.76. The standard InChI is InChI=1S/C12H9BrClNO/c13-10-2-1-9(12(14)7-10)8-15-5-3-11(16)4-6-15/h1-7H,8H2. The van der Waals surface area contributed by atoms with Crippen LogP contribution in [0.15, 0.2) is 52.0 Å². The zero-order valence-corrected chi connectivity index (χ0v) is 10.7. The van der Waals surface area contributed by atoms with E-state index in [1.807, 2.05) is 22.8 Å². The Kier molecular flexibility index (Phi) is 3.46. The fraction of sp³-hybridized carbons (Fsp3) is 0.0833. The van der Waals surface area contributed by atoms with Gasteiger partial charge in [0.15, 0.2) is 5.43 Å². The van der Waals surface area contributed by atoms with Crippen LogP contribution in [-0.2, 0) is 6.54 Å². The lowest BCUT2D eigenvalue weighted by atomic mass is 10.2. The molecule has 1 aromatic heterocycles. The summed E-state index contributed by atoms with van der Waals surface area (Å²) in [7, 11) is 0. The van der Waals surface area contributed by atoms with Crippen molar-refractivity contribution in [2.45, 2.75) is 6.54 Å². The van der Waals surface area contributed by atoms with Gasteiger partial charge in [-0.05, 0) is 17.7 Å². The van der Waals surface area contributed by atoms with Gasteiger partial charge in [-0.1, -0.05) is 33.6 Å². The molecule has 0 aliphatic carbocycles. The van der Waals surface area contributed by atoms with Crippen LogP contribution in [0.5, 0.6) is 0 Å². The van der Waals surface area contributed by atoms with Gasteiger partial charge in [-0.15, -0.1) is 0 Å². The topological polar surface area (TPSA) is 22.0 Å². The number of nitrogens with zero attached hydrogens (tertiary/aromatic N) is 1. The fourth-order valence-corrected chi connectivity index (χ4v) is 2.13. The minimum absolute atomic E-state index is 0.0122. The largest absolute Gasteiger partial charge is 0.350 e. The summed E-state index contributed by atoms with van der Waals surface area (Å²) in [6.45, 7) is 0.659. The van der Waals surface area contributed by atoms with Crippen molar-refractivity contribution in [3.8, 4) is 0 Å². The molecular weight excluding hydrogens is 289 g/mol. The quantitative estimate of drug-likeness (QED) is 0.834. The Balaban J connectivity index is 2.27. The minimum Gasteiger partial charge on any atom is -0.350 e. The zero-order valence-electron chi connectivity index (χ0n) is 8.36. The van der Waals surface area contributed by atoms with Crippen LogP contribution in [0.4, 0.5) is 0 Å². The molecular formula is C12H9BrClNO. The average molecular weight is 299 g/mol. The molecule has 0 bridgehead atoms. The first kappa shape index (κ1) is 11.4. The predicted octanol–water partition coefficient (Wildman–Crippen LogP) is 3.31. The van der Waals surface area contributed by atoms with Crippen molar-refractivity contribution in [3.63, 3.8) is 0 Å². The Labute approximate surface area is 107 Å². The van der Waals surface area contributed by atoms with E-state index >= 15 is 0 Å². The van der Waals surface area contributed by atoms with Crippen LogP contribution in [-0.4, -0.2) is 4.57 Å². The second kappa shape index (κ2) is 4.85. The molecule has 4 heteroatoms. The van der Waals surface area contributed by atoms with E-state index in [-0.39, 0.29) is 5.43 Å². The molecule has 2 nitrogen and oxygen atoms in total. The van der Waals surface area contributed by atoms with Crippen LogP contribution in [0.25, 0.3) is 0 Å². The highest BCUT2D eigenvalue weighted by molar-refractivity contribution is 9.10. The van der Waals surface area contributed by atoms with Crippen LogP contribution in [0.2, 0.25) is 5.02 Å². The van der Waals surface area contributed by atoms with Gasteiger partial charge in [0.25, 0.3) is 0 Å². The van der Waals surface area contributed by atoms with Crippen LogP contribution < -0.4 is 5.43 Å². The third-order valence-electron chi connectivity index (χ3n) is 2.23. The first-order valence-corrected chi connectivity index (χ1v) is 5.92. The van der Waals surface area contributed by atoms with Gasteiger partial charge in [0, 0.05) is 40.6 Å². The smallest absolute Gasteiger partial charge is 0.181 e. The maximum absolute atomic E-state index is 10.9. The van der Waals surface area contributed by atoms with E-state index < -0.39 is 0 Å². The SMILES string of the molecule is O=c1ccn(Cc2ccc(Br)cc2Cl)cc1. The Morgan fingerprint density at radius 3 is 2.50 bits per heavy atom. The Hall–Kier alpha value is -1.06. The monoisotopic (exact) mass is 297 g/mol. The maximum atomic E-state index is 10.9. The molecule has 2 rings (SSSR count). The molecule has 0 aliphatic heterocycles. The van der Waals surface area contributed by atoms with E-state index in [1.54, 1.807) is 12.4 Å². The van der Waals surface area contributed by atoms with Gasteiger partial charge in [-0.25, -0.2) is 0 Å². The average Bonchev–Trinajstić information content (AvgIpc) is 2.25. The van der Waals surface area contributed by atoms with Gasteiger partial charge in [0.05, 0.1) is 0 Å². The van der Waals surface area contributed by atoms with Gasteiger partial charge >= 0.3 is 0 Å². The van der Waals surface area contributed by atoms with E-state index in [9.17, 15) is 4.79 Å². The molecule has 0 saturated carbocycles. The normalized spacial score (nSPS) is 10.4. The lowest BCUT2D eigenvalue weighted by Crippen LogP contribution is -2.04. The maximum Gasteiger partial charge on any atom is 0.181 e. The van der Waals surface area contributed by atoms with Crippen molar-refractivity contribution in [3.05, 3.63) is 68.0 Å². The number of hydrogen-bond acceptors (Lipinski definition) is 1. The molecule has 0 unspecified atom stereocenters.